The average molecular weight is 619 g/mol. The summed E-state index contributed by atoms with van der Waals surface area (Å²) in [7, 11) is -4.33. The number of carbonyl (C=O) groups excluding carboxylic acids is 2. The quantitative estimate of drug-likeness (QED) is 0.317. The number of carbonyl (C=O) groups is 2. The van der Waals surface area contributed by atoms with Crippen molar-refractivity contribution in [2.24, 2.45) is 5.92 Å². The normalized spacial score (nSPS) is 12.2. The first-order chi connectivity index (χ1) is 18.4. The minimum absolute atomic E-state index is 0.0536. The average Bonchev–Trinajstić information content (AvgIpc) is 2.90. The summed E-state index contributed by atoms with van der Waals surface area (Å²) in [6, 6.07) is 17.8. The molecular formula is C29H33BrFN3O4S. The molecule has 0 radical (unpaired) electrons. The van der Waals surface area contributed by atoms with Gasteiger partial charge in [0.15, 0.2) is 0 Å². The van der Waals surface area contributed by atoms with Crippen molar-refractivity contribution in [3.05, 3.63) is 94.2 Å². The molecule has 0 heterocycles. The van der Waals surface area contributed by atoms with Crippen LogP contribution in [0.2, 0.25) is 0 Å². The van der Waals surface area contributed by atoms with Crippen LogP contribution in [0.25, 0.3) is 0 Å². The molecule has 0 aliphatic carbocycles. The highest BCUT2D eigenvalue weighted by atomic mass is 79.9. The summed E-state index contributed by atoms with van der Waals surface area (Å²) in [5, 5.41) is 2.84. The van der Waals surface area contributed by atoms with Gasteiger partial charge < -0.3 is 10.2 Å². The van der Waals surface area contributed by atoms with Crippen LogP contribution in [0.3, 0.4) is 0 Å². The number of halogens is 2. The smallest absolute Gasteiger partial charge is 0.264 e. The monoisotopic (exact) mass is 617 g/mol. The molecule has 3 rings (SSSR count). The number of nitrogens with zero attached hydrogens (tertiary/aromatic N) is 2. The first-order valence-corrected chi connectivity index (χ1v) is 14.8. The van der Waals surface area contributed by atoms with Gasteiger partial charge in [-0.05, 0) is 61.7 Å². The van der Waals surface area contributed by atoms with Crippen molar-refractivity contribution in [1.82, 2.24) is 10.2 Å². The van der Waals surface area contributed by atoms with Crippen molar-refractivity contribution in [3.8, 4) is 0 Å². The fraction of sp³-hybridized carbons (Fsp3) is 0.310. The lowest BCUT2D eigenvalue weighted by Gasteiger charge is -2.32. The molecule has 2 amide bonds. The summed E-state index contributed by atoms with van der Waals surface area (Å²) in [6.07, 6.45) is 0. The lowest BCUT2D eigenvalue weighted by molar-refractivity contribution is -0.139. The van der Waals surface area contributed by atoms with Crippen molar-refractivity contribution in [2.45, 2.75) is 45.2 Å². The molecule has 0 spiro atoms. The van der Waals surface area contributed by atoms with Gasteiger partial charge in [-0.3, -0.25) is 13.9 Å². The Kier molecular flexibility index (Phi) is 10.3. The van der Waals surface area contributed by atoms with Gasteiger partial charge in [0.2, 0.25) is 11.8 Å². The molecule has 0 unspecified atom stereocenters. The van der Waals surface area contributed by atoms with E-state index in [1.165, 1.54) is 35.2 Å². The van der Waals surface area contributed by atoms with E-state index in [1.807, 2.05) is 32.9 Å². The molecule has 7 nitrogen and oxygen atoms in total. The Morgan fingerprint density at radius 3 is 2.15 bits per heavy atom. The summed E-state index contributed by atoms with van der Waals surface area (Å²) in [5.74, 6) is -1.60. The lowest BCUT2D eigenvalue weighted by atomic mass is 10.1. The predicted octanol–water partition coefficient (Wildman–Crippen LogP) is 5.28. The number of sulfonamides is 1. The van der Waals surface area contributed by atoms with Gasteiger partial charge in [0.25, 0.3) is 10.0 Å². The number of aryl methyl sites for hydroxylation is 1. The zero-order valence-electron chi connectivity index (χ0n) is 22.4. The SMILES string of the molecule is Cc1ccc(S(=O)(=O)N(CC(=O)N(Cc2ccc(Br)cc2)[C@H](C)C(=O)NCC(C)C)c2ccccc2F)cc1. The van der Waals surface area contributed by atoms with Crippen LogP contribution in [0.5, 0.6) is 0 Å². The second-order valence-electron chi connectivity index (χ2n) is 9.74. The minimum Gasteiger partial charge on any atom is -0.354 e. The predicted molar refractivity (Wildman–Crippen MR) is 154 cm³/mol. The van der Waals surface area contributed by atoms with E-state index in [0.717, 1.165) is 26.0 Å². The van der Waals surface area contributed by atoms with Gasteiger partial charge in [-0.1, -0.05) is 71.7 Å². The Morgan fingerprint density at radius 1 is 0.949 bits per heavy atom. The summed E-state index contributed by atoms with van der Waals surface area (Å²) in [5.41, 5.74) is 1.34. The molecule has 10 heteroatoms. The summed E-state index contributed by atoms with van der Waals surface area (Å²) in [6.45, 7) is 7.10. The molecule has 1 atom stereocenters. The molecule has 0 aliphatic rings. The van der Waals surface area contributed by atoms with Crippen LogP contribution < -0.4 is 9.62 Å². The van der Waals surface area contributed by atoms with Crippen molar-refractivity contribution in [2.75, 3.05) is 17.4 Å². The minimum atomic E-state index is -4.33. The third-order valence-corrected chi connectivity index (χ3v) is 8.43. The highest BCUT2D eigenvalue weighted by molar-refractivity contribution is 9.10. The summed E-state index contributed by atoms with van der Waals surface area (Å²) >= 11 is 3.39. The second kappa shape index (κ2) is 13.2. The van der Waals surface area contributed by atoms with Crippen molar-refractivity contribution in [1.29, 1.82) is 0 Å². The maximum absolute atomic E-state index is 14.9. The fourth-order valence-electron chi connectivity index (χ4n) is 3.83. The fourth-order valence-corrected chi connectivity index (χ4v) is 5.51. The molecule has 0 aromatic heterocycles. The number of rotatable bonds is 11. The van der Waals surface area contributed by atoms with Crippen molar-refractivity contribution < 1.29 is 22.4 Å². The Morgan fingerprint density at radius 2 is 1.56 bits per heavy atom. The number of nitrogens with one attached hydrogen (secondary N) is 1. The zero-order valence-corrected chi connectivity index (χ0v) is 24.8. The van der Waals surface area contributed by atoms with Crippen LogP contribution in [-0.4, -0.2) is 44.3 Å². The molecule has 0 bridgehead atoms. The van der Waals surface area contributed by atoms with Crippen LogP contribution in [0.15, 0.2) is 82.2 Å². The van der Waals surface area contributed by atoms with E-state index in [0.29, 0.717) is 6.54 Å². The standard InChI is InChI=1S/C29H33BrFN3O4S/c1-20(2)17-32-29(36)22(4)33(18-23-11-13-24(30)14-12-23)28(35)19-34(27-8-6-5-7-26(27)31)39(37,38)25-15-9-21(3)10-16-25/h5-16,20,22H,17-19H2,1-4H3,(H,32,36)/t22-/m1/s1. The molecular weight excluding hydrogens is 585 g/mol. The molecule has 3 aromatic rings. The number of hydrogen-bond donors (Lipinski definition) is 1. The first kappa shape index (κ1) is 30.3. The number of benzene rings is 3. The van der Waals surface area contributed by atoms with Gasteiger partial charge in [0.05, 0.1) is 10.6 Å². The van der Waals surface area contributed by atoms with E-state index in [-0.39, 0.29) is 29.0 Å². The Bertz CT molecular complexity index is 1400. The number of amides is 2. The maximum Gasteiger partial charge on any atom is 0.264 e. The van der Waals surface area contributed by atoms with E-state index in [4.69, 9.17) is 0 Å². The van der Waals surface area contributed by atoms with Gasteiger partial charge >= 0.3 is 0 Å². The number of para-hydroxylation sites is 1. The molecule has 0 fully saturated rings. The van der Waals surface area contributed by atoms with Gasteiger partial charge in [0, 0.05) is 17.6 Å². The number of anilines is 1. The molecule has 3 aromatic carbocycles. The van der Waals surface area contributed by atoms with Crippen LogP contribution in [0.1, 0.15) is 31.9 Å². The van der Waals surface area contributed by atoms with Crippen LogP contribution in [-0.2, 0) is 26.2 Å². The summed E-state index contributed by atoms with van der Waals surface area (Å²) < 4.78 is 44.0. The third-order valence-electron chi connectivity index (χ3n) is 6.13. The van der Waals surface area contributed by atoms with Gasteiger partial charge in [-0.25, -0.2) is 12.8 Å². The molecule has 1 N–H and O–H groups in total. The summed E-state index contributed by atoms with van der Waals surface area (Å²) in [4.78, 5) is 28.1. The Balaban J connectivity index is 2.02. The highest BCUT2D eigenvalue weighted by Crippen LogP contribution is 2.27. The molecule has 39 heavy (non-hydrogen) atoms. The van der Waals surface area contributed by atoms with E-state index >= 15 is 0 Å². The van der Waals surface area contributed by atoms with E-state index in [9.17, 15) is 22.4 Å². The van der Waals surface area contributed by atoms with Crippen LogP contribution in [0, 0.1) is 18.7 Å². The van der Waals surface area contributed by atoms with E-state index < -0.39 is 34.3 Å². The zero-order chi connectivity index (χ0) is 28.7. The maximum atomic E-state index is 14.9. The van der Waals surface area contributed by atoms with Crippen LogP contribution in [0.4, 0.5) is 10.1 Å². The lowest BCUT2D eigenvalue weighted by Crippen LogP contribution is -2.51. The van der Waals surface area contributed by atoms with Crippen molar-refractivity contribution >= 4 is 43.5 Å². The Hall–Kier alpha value is -3.24. The largest absolute Gasteiger partial charge is 0.354 e. The van der Waals surface area contributed by atoms with E-state index in [2.05, 4.69) is 21.2 Å². The topological polar surface area (TPSA) is 86.8 Å². The third kappa shape index (κ3) is 7.89. The van der Waals surface area contributed by atoms with Crippen LogP contribution >= 0.6 is 15.9 Å². The van der Waals surface area contributed by atoms with Gasteiger partial charge in [-0.15, -0.1) is 0 Å². The van der Waals surface area contributed by atoms with Gasteiger partial charge in [0.1, 0.15) is 18.4 Å². The van der Waals surface area contributed by atoms with E-state index in [1.54, 1.807) is 31.2 Å². The molecule has 0 saturated heterocycles. The highest BCUT2D eigenvalue weighted by Gasteiger charge is 2.33. The molecule has 208 valence electrons. The second-order valence-corrected chi connectivity index (χ2v) is 12.5. The van der Waals surface area contributed by atoms with Gasteiger partial charge in [-0.2, -0.15) is 0 Å². The molecule has 0 aliphatic heterocycles. The molecule has 0 saturated carbocycles. The number of hydrogen-bond acceptors (Lipinski definition) is 4. The first-order valence-electron chi connectivity index (χ1n) is 12.6. The Labute approximate surface area is 238 Å². The van der Waals surface area contributed by atoms with Crippen molar-refractivity contribution in [3.63, 3.8) is 0 Å².